The van der Waals surface area contributed by atoms with Gasteiger partial charge in [-0.15, -0.1) is 0 Å². The normalized spacial score (nSPS) is 11.0. The Labute approximate surface area is 180 Å². The van der Waals surface area contributed by atoms with E-state index in [1.165, 1.54) is 43.3 Å². The smallest absolute Gasteiger partial charge is 0.273 e. The maximum Gasteiger partial charge on any atom is 0.273 e. The summed E-state index contributed by atoms with van der Waals surface area (Å²) in [6.07, 6.45) is 0.772. The molecule has 0 saturated heterocycles. The summed E-state index contributed by atoms with van der Waals surface area (Å²) in [5.41, 5.74) is 2.41. The molecule has 0 heterocycles. The highest BCUT2D eigenvalue weighted by Gasteiger charge is 2.20. The number of hydrogen-bond donors (Lipinski definition) is 2. The fourth-order valence-corrected chi connectivity index (χ4v) is 4.08. The highest BCUT2D eigenvalue weighted by Crippen LogP contribution is 2.24. The zero-order chi connectivity index (χ0) is 22.6. The van der Waals surface area contributed by atoms with Gasteiger partial charge in [0.1, 0.15) is 0 Å². The van der Waals surface area contributed by atoms with Gasteiger partial charge in [0.15, 0.2) is 0 Å². The third kappa shape index (κ3) is 5.07. The van der Waals surface area contributed by atoms with Crippen molar-refractivity contribution in [3.63, 3.8) is 0 Å². The van der Waals surface area contributed by atoms with Crippen molar-refractivity contribution < 1.29 is 18.1 Å². The van der Waals surface area contributed by atoms with Gasteiger partial charge in [-0.1, -0.05) is 31.2 Å². The quantitative estimate of drug-likeness (QED) is 0.414. The summed E-state index contributed by atoms with van der Waals surface area (Å²) in [5, 5.41) is 13.9. The molecule has 0 aliphatic carbocycles. The Morgan fingerprint density at radius 1 is 1.03 bits per heavy atom. The minimum absolute atomic E-state index is 0.220. The molecular formula is C22H21N3O5S. The van der Waals surface area contributed by atoms with Crippen LogP contribution in [0.2, 0.25) is 0 Å². The van der Waals surface area contributed by atoms with Crippen LogP contribution in [0.15, 0.2) is 71.6 Å². The molecule has 0 radical (unpaired) electrons. The number of benzene rings is 3. The summed E-state index contributed by atoms with van der Waals surface area (Å²) in [7, 11) is -4.03. The lowest BCUT2D eigenvalue weighted by molar-refractivity contribution is -0.385. The van der Waals surface area contributed by atoms with E-state index in [0.29, 0.717) is 11.1 Å². The molecule has 1 amide bonds. The van der Waals surface area contributed by atoms with E-state index in [1.54, 1.807) is 0 Å². The molecule has 3 rings (SSSR count). The first-order valence-corrected chi connectivity index (χ1v) is 11.0. The lowest BCUT2D eigenvalue weighted by atomic mass is 10.1. The van der Waals surface area contributed by atoms with E-state index in [1.807, 2.05) is 31.2 Å². The molecule has 0 aliphatic rings. The van der Waals surface area contributed by atoms with Crippen LogP contribution < -0.4 is 10.0 Å². The Bertz CT molecular complexity index is 1240. The topological polar surface area (TPSA) is 118 Å². The van der Waals surface area contributed by atoms with E-state index in [0.717, 1.165) is 23.7 Å². The Kier molecular flexibility index (Phi) is 6.36. The second-order valence-electron chi connectivity index (χ2n) is 6.85. The highest BCUT2D eigenvalue weighted by molar-refractivity contribution is 7.92. The van der Waals surface area contributed by atoms with Gasteiger partial charge in [0.05, 0.1) is 9.82 Å². The van der Waals surface area contributed by atoms with Crippen LogP contribution in [0.3, 0.4) is 0 Å². The number of nitro groups is 1. The Morgan fingerprint density at radius 3 is 2.35 bits per heavy atom. The summed E-state index contributed by atoms with van der Waals surface area (Å²) in [4.78, 5) is 22.8. The summed E-state index contributed by atoms with van der Waals surface area (Å²) in [5.74, 6) is -0.315. The molecule has 2 N–H and O–H groups in total. The predicted octanol–water partition coefficient (Wildman–Crippen LogP) is 4.52. The number of carbonyl (C=O) groups excluding carboxylic acids is 1. The number of sulfonamides is 1. The second kappa shape index (κ2) is 8.97. The van der Waals surface area contributed by atoms with E-state index in [9.17, 15) is 23.3 Å². The fraction of sp³-hybridized carbons (Fsp3) is 0.136. The number of nitrogens with one attached hydrogen (secondary N) is 2. The lowest BCUT2D eigenvalue weighted by Gasteiger charge is -2.11. The zero-order valence-electron chi connectivity index (χ0n) is 17.0. The van der Waals surface area contributed by atoms with Crippen molar-refractivity contribution >= 4 is 33.0 Å². The third-order valence-electron chi connectivity index (χ3n) is 4.73. The second-order valence-corrected chi connectivity index (χ2v) is 8.54. The average Bonchev–Trinajstić information content (AvgIpc) is 2.74. The van der Waals surface area contributed by atoms with Crippen LogP contribution in [0.25, 0.3) is 0 Å². The van der Waals surface area contributed by atoms with Crippen molar-refractivity contribution in [3.8, 4) is 0 Å². The van der Waals surface area contributed by atoms with Crippen molar-refractivity contribution in [2.24, 2.45) is 0 Å². The van der Waals surface area contributed by atoms with Crippen LogP contribution in [0.1, 0.15) is 28.4 Å². The van der Waals surface area contributed by atoms with Gasteiger partial charge in [-0.05, 0) is 55.3 Å². The monoisotopic (exact) mass is 439 g/mol. The number of nitrogens with zero attached hydrogens (tertiary/aromatic N) is 1. The van der Waals surface area contributed by atoms with Gasteiger partial charge in [-0.25, -0.2) is 8.42 Å². The van der Waals surface area contributed by atoms with Gasteiger partial charge in [-0.2, -0.15) is 0 Å². The SMILES string of the molecule is CCc1ccccc1NC(=O)c1ccc(NS(=O)(=O)c2ccc(C)c([N+](=O)[O-])c2)cc1. The molecule has 0 aromatic heterocycles. The first kappa shape index (κ1) is 22.0. The Hall–Kier alpha value is -3.72. The number of aryl methyl sites for hydroxylation is 2. The molecule has 0 fully saturated rings. The number of nitro benzene ring substituents is 1. The molecule has 0 bridgehead atoms. The van der Waals surface area contributed by atoms with Crippen molar-refractivity contribution in [1.82, 2.24) is 0 Å². The molecule has 3 aromatic carbocycles. The summed E-state index contributed by atoms with van der Waals surface area (Å²) in [6, 6.07) is 17.1. The van der Waals surface area contributed by atoms with E-state index < -0.39 is 14.9 Å². The average molecular weight is 439 g/mol. The molecule has 9 heteroatoms. The van der Waals surface area contributed by atoms with Gasteiger partial charge in [-0.3, -0.25) is 19.6 Å². The molecule has 160 valence electrons. The van der Waals surface area contributed by atoms with Gasteiger partial charge >= 0.3 is 0 Å². The zero-order valence-corrected chi connectivity index (χ0v) is 17.8. The van der Waals surface area contributed by atoms with E-state index in [-0.39, 0.29) is 22.2 Å². The molecule has 0 aliphatic heterocycles. The number of amides is 1. The number of hydrogen-bond acceptors (Lipinski definition) is 5. The van der Waals surface area contributed by atoms with Gasteiger partial charge in [0.2, 0.25) is 0 Å². The lowest BCUT2D eigenvalue weighted by Crippen LogP contribution is -2.15. The van der Waals surface area contributed by atoms with Crippen LogP contribution >= 0.6 is 0 Å². The van der Waals surface area contributed by atoms with Crippen LogP contribution in [-0.4, -0.2) is 19.2 Å². The van der Waals surface area contributed by atoms with Crippen LogP contribution in [-0.2, 0) is 16.4 Å². The molecule has 3 aromatic rings. The Balaban J connectivity index is 1.76. The molecule has 31 heavy (non-hydrogen) atoms. The maximum atomic E-state index is 12.6. The minimum Gasteiger partial charge on any atom is -0.322 e. The highest BCUT2D eigenvalue weighted by atomic mass is 32.2. The molecule has 0 saturated carbocycles. The van der Waals surface area contributed by atoms with E-state index >= 15 is 0 Å². The van der Waals surface area contributed by atoms with E-state index in [4.69, 9.17) is 0 Å². The van der Waals surface area contributed by atoms with Crippen LogP contribution in [0.5, 0.6) is 0 Å². The standard InChI is InChI=1S/C22H21N3O5S/c1-3-16-6-4-5-7-20(16)23-22(26)17-9-11-18(12-10-17)24-31(29,30)19-13-8-15(2)21(14-19)25(27)28/h4-14,24H,3H2,1-2H3,(H,23,26). The van der Waals surface area contributed by atoms with Gasteiger partial charge in [0.25, 0.3) is 21.6 Å². The van der Waals surface area contributed by atoms with Crippen LogP contribution in [0.4, 0.5) is 17.1 Å². The number of anilines is 2. The number of carbonyl (C=O) groups is 1. The summed E-state index contributed by atoms with van der Waals surface area (Å²) in [6.45, 7) is 3.53. The largest absolute Gasteiger partial charge is 0.322 e. The minimum atomic E-state index is -4.03. The van der Waals surface area contributed by atoms with Crippen molar-refractivity contribution in [3.05, 3.63) is 93.5 Å². The van der Waals surface area contributed by atoms with Gasteiger partial charge < -0.3 is 5.32 Å². The predicted molar refractivity (Wildman–Crippen MR) is 119 cm³/mol. The molecule has 0 spiro atoms. The van der Waals surface area contributed by atoms with Crippen molar-refractivity contribution in [1.29, 1.82) is 0 Å². The summed E-state index contributed by atoms with van der Waals surface area (Å²) >= 11 is 0. The van der Waals surface area contributed by atoms with E-state index in [2.05, 4.69) is 10.0 Å². The van der Waals surface area contributed by atoms with Crippen LogP contribution in [0, 0.1) is 17.0 Å². The van der Waals surface area contributed by atoms with Crippen molar-refractivity contribution in [2.45, 2.75) is 25.2 Å². The number of para-hydroxylation sites is 1. The molecular weight excluding hydrogens is 418 g/mol. The summed E-state index contributed by atoms with van der Waals surface area (Å²) < 4.78 is 27.6. The first-order chi connectivity index (χ1) is 14.7. The molecule has 0 atom stereocenters. The number of rotatable bonds is 7. The third-order valence-corrected chi connectivity index (χ3v) is 6.11. The first-order valence-electron chi connectivity index (χ1n) is 9.48. The van der Waals surface area contributed by atoms with Crippen molar-refractivity contribution in [2.75, 3.05) is 10.0 Å². The Morgan fingerprint density at radius 2 is 1.71 bits per heavy atom. The molecule has 0 unspecified atom stereocenters. The maximum absolute atomic E-state index is 12.6. The fourth-order valence-electron chi connectivity index (χ4n) is 3.00. The van der Waals surface area contributed by atoms with Gasteiger partial charge in [0, 0.05) is 28.6 Å². The molecule has 8 nitrogen and oxygen atoms in total.